The van der Waals surface area contributed by atoms with Gasteiger partial charge in [-0.05, 0) is 49.3 Å². The SMILES string of the molecule is S=C1N[C@@H](c2ccccn2)[C@@H](c2ccc(Cl)s2)N1C1CCCCC1. The Bertz CT molecular complexity index is 712. The highest BCUT2D eigenvalue weighted by Gasteiger charge is 2.43. The van der Waals surface area contributed by atoms with Crippen molar-refractivity contribution in [1.82, 2.24) is 15.2 Å². The topological polar surface area (TPSA) is 28.2 Å². The summed E-state index contributed by atoms with van der Waals surface area (Å²) in [6.45, 7) is 0. The van der Waals surface area contributed by atoms with Crippen molar-refractivity contribution in [3.63, 3.8) is 0 Å². The maximum atomic E-state index is 6.23. The summed E-state index contributed by atoms with van der Waals surface area (Å²) in [6, 6.07) is 11.0. The lowest BCUT2D eigenvalue weighted by molar-refractivity contribution is 0.199. The van der Waals surface area contributed by atoms with Gasteiger partial charge < -0.3 is 10.2 Å². The number of thiophene rings is 1. The number of nitrogens with zero attached hydrogens (tertiary/aromatic N) is 2. The lowest BCUT2D eigenvalue weighted by Gasteiger charge is -2.36. The van der Waals surface area contributed by atoms with Crippen molar-refractivity contribution in [2.24, 2.45) is 0 Å². The smallest absolute Gasteiger partial charge is 0.170 e. The number of halogens is 1. The van der Waals surface area contributed by atoms with Crippen molar-refractivity contribution in [2.45, 2.75) is 50.2 Å². The molecule has 4 rings (SSSR count). The number of thiocarbonyl (C=S) groups is 1. The molecule has 0 spiro atoms. The molecule has 1 aliphatic carbocycles. The number of nitrogens with one attached hydrogen (secondary N) is 1. The van der Waals surface area contributed by atoms with Gasteiger partial charge >= 0.3 is 0 Å². The van der Waals surface area contributed by atoms with E-state index in [0.29, 0.717) is 6.04 Å². The van der Waals surface area contributed by atoms with Crippen molar-refractivity contribution in [3.8, 4) is 0 Å². The van der Waals surface area contributed by atoms with E-state index in [1.807, 2.05) is 24.4 Å². The van der Waals surface area contributed by atoms with Crippen LogP contribution in [0, 0.1) is 0 Å². The summed E-state index contributed by atoms with van der Waals surface area (Å²) in [6.07, 6.45) is 8.19. The van der Waals surface area contributed by atoms with Crippen LogP contribution in [0.4, 0.5) is 0 Å². The van der Waals surface area contributed by atoms with Crippen LogP contribution in [0.25, 0.3) is 0 Å². The van der Waals surface area contributed by atoms with Crippen LogP contribution < -0.4 is 5.32 Å². The van der Waals surface area contributed by atoms with Gasteiger partial charge in [0.05, 0.1) is 22.1 Å². The zero-order valence-corrected chi connectivity index (χ0v) is 15.7. The predicted octanol–water partition coefficient (Wildman–Crippen LogP) is 5.10. The molecule has 0 bridgehead atoms. The summed E-state index contributed by atoms with van der Waals surface area (Å²) in [7, 11) is 0. The first-order chi connectivity index (χ1) is 11.7. The van der Waals surface area contributed by atoms with Gasteiger partial charge in [-0.2, -0.15) is 0 Å². The standard InChI is InChI=1S/C18H20ClN3S2/c19-15-10-9-14(24-15)17-16(13-8-4-5-11-20-13)21-18(23)22(17)12-6-2-1-3-7-12/h4-5,8-12,16-17H,1-3,6-7H2,(H,21,23)/t16-,17+/m0/s1. The quantitative estimate of drug-likeness (QED) is 0.753. The lowest BCUT2D eigenvalue weighted by atomic mass is 9.92. The third-order valence-electron chi connectivity index (χ3n) is 4.99. The Kier molecular flexibility index (Phi) is 4.74. The van der Waals surface area contributed by atoms with Crippen molar-refractivity contribution < 1.29 is 0 Å². The summed E-state index contributed by atoms with van der Waals surface area (Å²) in [5, 5.41) is 4.39. The van der Waals surface area contributed by atoms with E-state index < -0.39 is 0 Å². The average molecular weight is 378 g/mol. The fourth-order valence-electron chi connectivity index (χ4n) is 3.91. The molecule has 1 N–H and O–H groups in total. The molecule has 2 aliphatic rings. The third kappa shape index (κ3) is 3.05. The van der Waals surface area contributed by atoms with E-state index in [2.05, 4.69) is 27.3 Å². The van der Waals surface area contributed by atoms with Crippen molar-refractivity contribution in [2.75, 3.05) is 0 Å². The summed E-state index contributed by atoms with van der Waals surface area (Å²) in [4.78, 5) is 8.26. The van der Waals surface area contributed by atoms with Crippen LogP contribution in [0.5, 0.6) is 0 Å². The van der Waals surface area contributed by atoms with Crippen molar-refractivity contribution in [1.29, 1.82) is 0 Å². The van der Waals surface area contributed by atoms with Crippen LogP contribution in [0.3, 0.4) is 0 Å². The van der Waals surface area contributed by atoms with Gasteiger partial charge in [-0.25, -0.2) is 0 Å². The Morgan fingerprint density at radius 2 is 2.00 bits per heavy atom. The third-order valence-corrected chi connectivity index (χ3v) is 6.62. The van der Waals surface area contributed by atoms with Crippen LogP contribution in [-0.4, -0.2) is 21.0 Å². The normalized spacial score (nSPS) is 25.0. The Balaban J connectivity index is 1.73. The fraction of sp³-hybridized carbons (Fsp3) is 0.444. The van der Waals surface area contributed by atoms with E-state index in [1.165, 1.54) is 37.0 Å². The molecular weight excluding hydrogens is 358 g/mol. The first-order valence-corrected chi connectivity index (χ1v) is 10.1. The van der Waals surface area contributed by atoms with Crippen molar-refractivity contribution >= 4 is 40.3 Å². The van der Waals surface area contributed by atoms with Gasteiger partial charge in [-0.1, -0.05) is 36.9 Å². The van der Waals surface area contributed by atoms with Gasteiger partial charge in [0, 0.05) is 17.1 Å². The number of hydrogen-bond donors (Lipinski definition) is 1. The first-order valence-electron chi connectivity index (χ1n) is 8.49. The summed E-state index contributed by atoms with van der Waals surface area (Å²) in [5.41, 5.74) is 1.03. The van der Waals surface area contributed by atoms with Crippen LogP contribution >= 0.6 is 35.2 Å². The van der Waals surface area contributed by atoms with Crippen LogP contribution in [-0.2, 0) is 0 Å². The molecule has 2 aromatic rings. The molecule has 2 fully saturated rings. The molecule has 3 nitrogen and oxygen atoms in total. The Hall–Kier alpha value is -1.17. The molecule has 0 aromatic carbocycles. The molecule has 2 aromatic heterocycles. The molecule has 126 valence electrons. The summed E-state index contributed by atoms with van der Waals surface area (Å²) >= 11 is 13.6. The van der Waals surface area contributed by atoms with E-state index in [0.717, 1.165) is 15.1 Å². The second-order valence-electron chi connectivity index (χ2n) is 6.47. The molecular formula is C18H20ClN3S2. The van der Waals surface area contributed by atoms with Crippen LogP contribution in [0.1, 0.15) is 54.8 Å². The van der Waals surface area contributed by atoms with E-state index in [-0.39, 0.29) is 12.1 Å². The highest BCUT2D eigenvalue weighted by molar-refractivity contribution is 7.80. The van der Waals surface area contributed by atoms with E-state index >= 15 is 0 Å². The number of pyridine rings is 1. The predicted molar refractivity (Wildman–Crippen MR) is 103 cm³/mol. The molecule has 1 saturated carbocycles. The molecule has 2 atom stereocenters. The second kappa shape index (κ2) is 6.98. The van der Waals surface area contributed by atoms with Crippen LogP contribution in [0.2, 0.25) is 4.34 Å². The summed E-state index contributed by atoms with van der Waals surface area (Å²) < 4.78 is 0.825. The number of aromatic nitrogens is 1. The number of rotatable bonds is 3. The van der Waals surface area contributed by atoms with Crippen molar-refractivity contribution in [3.05, 3.63) is 51.4 Å². The summed E-state index contributed by atoms with van der Waals surface area (Å²) in [5.74, 6) is 0. The largest absolute Gasteiger partial charge is 0.352 e. The highest BCUT2D eigenvalue weighted by Crippen LogP contribution is 2.44. The molecule has 3 heterocycles. The number of hydrogen-bond acceptors (Lipinski definition) is 3. The molecule has 0 radical (unpaired) electrons. The minimum Gasteiger partial charge on any atom is -0.352 e. The van der Waals surface area contributed by atoms with Gasteiger partial charge in [-0.3, -0.25) is 4.98 Å². The first kappa shape index (κ1) is 16.3. The lowest BCUT2D eigenvalue weighted by Crippen LogP contribution is -2.40. The molecule has 6 heteroatoms. The Labute approximate surface area is 157 Å². The highest BCUT2D eigenvalue weighted by atomic mass is 35.5. The maximum Gasteiger partial charge on any atom is 0.170 e. The van der Waals surface area contributed by atoms with Gasteiger partial charge in [0.25, 0.3) is 0 Å². The Morgan fingerprint density at radius 1 is 1.17 bits per heavy atom. The van der Waals surface area contributed by atoms with E-state index in [9.17, 15) is 0 Å². The zero-order valence-electron chi connectivity index (χ0n) is 13.3. The molecule has 0 amide bonds. The molecule has 0 unspecified atom stereocenters. The zero-order chi connectivity index (χ0) is 16.5. The van der Waals surface area contributed by atoms with Gasteiger partial charge in [0.15, 0.2) is 5.11 Å². The minimum absolute atomic E-state index is 0.0790. The van der Waals surface area contributed by atoms with Gasteiger partial charge in [0.2, 0.25) is 0 Å². The Morgan fingerprint density at radius 3 is 2.67 bits per heavy atom. The average Bonchev–Trinajstić information content (AvgIpc) is 3.19. The molecule has 1 saturated heterocycles. The minimum atomic E-state index is 0.0790. The fourth-order valence-corrected chi connectivity index (χ4v) is 5.50. The second-order valence-corrected chi connectivity index (χ2v) is 8.60. The van der Waals surface area contributed by atoms with E-state index in [4.69, 9.17) is 23.8 Å². The van der Waals surface area contributed by atoms with E-state index in [1.54, 1.807) is 11.3 Å². The van der Waals surface area contributed by atoms with Gasteiger partial charge in [0.1, 0.15) is 0 Å². The molecule has 1 aliphatic heterocycles. The van der Waals surface area contributed by atoms with Gasteiger partial charge in [-0.15, -0.1) is 11.3 Å². The van der Waals surface area contributed by atoms with Crippen LogP contribution in [0.15, 0.2) is 36.5 Å². The monoisotopic (exact) mass is 377 g/mol. The molecule has 24 heavy (non-hydrogen) atoms. The maximum absolute atomic E-state index is 6.23.